The Bertz CT molecular complexity index is 446. The fourth-order valence-electron chi connectivity index (χ4n) is 1.84. The monoisotopic (exact) mass is 285 g/mol. The number of aliphatic carboxylic acids is 1. The number of nitrogens with one attached hydrogen (secondary N) is 2. The summed E-state index contributed by atoms with van der Waals surface area (Å²) in [7, 11) is 0. The number of carboxylic acids is 1. The summed E-state index contributed by atoms with van der Waals surface area (Å²) in [5.74, 6) is -2.26. The summed E-state index contributed by atoms with van der Waals surface area (Å²) in [6, 6.07) is -0.560. The van der Waals surface area contributed by atoms with E-state index in [1.165, 1.54) is 13.8 Å². The number of rotatable bonds is 4. The predicted octanol–water partition coefficient (Wildman–Crippen LogP) is -0.456. The van der Waals surface area contributed by atoms with Crippen LogP contribution < -0.4 is 10.6 Å². The fourth-order valence-corrected chi connectivity index (χ4v) is 1.84. The molecule has 20 heavy (non-hydrogen) atoms. The first kappa shape index (κ1) is 15.9. The van der Waals surface area contributed by atoms with Gasteiger partial charge < -0.3 is 15.3 Å². The maximum absolute atomic E-state index is 12.0. The lowest BCUT2D eigenvalue weighted by atomic mass is 9.99. The van der Waals surface area contributed by atoms with Crippen molar-refractivity contribution in [3.63, 3.8) is 0 Å². The topological polar surface area (TPSA) is 116 Å². The van der Waals surface area contributed by atoms with Crippen molar-refractivity contribution >= 4 is 23.8 Å². The van der Waals surface area contributed by atoms with E-state index in [0.717, 1.165) is 4.90 Å². The van der Waals surface area contributed by atoms with Crippen LogP contribution in [0.2, 0.25) is 0 Å². The molecule has 8 nitrogen and oxygen atoms in total. The molecule has 1 unspecified atom stereocenters. The van der Waals surface area contributed by atoms with Crippen LogP contribution in [0, 0.1) is 5.92 Å². The van der Waals surface area contributed by atoms with Crippen molar-refractivity contribution in [2.24, 2.45) is 5.92 Å². The molecule has 112 valence electrons. The van der Waals surface area contributed by atoms with Gasteiger partial charge in [-0.25, -0.2) is 4.79 Å². The van der Waals surface area contributed by atoms with E-state index in [4.69, 9.17) is 5.11 Å². The average molecular weight is 285 g/mol. The zero-order valence-corrected chi connectivity index (χ0v) is 11.7. The first-order valence-electron chi connectivity index (χ1n) is 6.26. The highest BCUT2D eigenvalue weighted by atomic mass is 16.4. The molecule has 0 radical (unpaired) electrons. The van der Waals surface area contributed by atoms with Crippen LogP contribution in [0.15, 0.2) is 0 Å². The third kappa shape index (κ3) is 3.69. The van der Waals surface area contributed by atoms with Crippen molar-refractivity contribution in [1.29, 1.82) is 0 Å². The quantitative estimate of drug-likeness (QED) is 0.605. The Hall–Kier alpha value is -2.12. The van der Waals surface area contributed by atoms with E-state index in [1.54, 1.807) is 6.92 Å². The van der Waals surface area contributed by atoms with Gasteiger partial charge in [-0.3, -0.25) is 19.7 Å². The third-order valence-corrected chi connectivity index (χ3v) is 3.16. The second-order valence-electron chi connectivity index (χ2n) is 5.41. The number of carbonyl (C=O) groups is 4. The van der Waals surface area contributed by atoms with E-state index in [0.29, 0.717) is 0 Å². The minimum atomic E-state index is -1.13. The molecule has 0 aliphatic carbocycles. The smallest absolute Gasteiger partial charge is 0.318 e. The van der Waals surface area contributed by atoms with Crippen LogP contribution in [0.1, 0.15) is 27.2 Å². The SMILES string of the molecule is CC(CNC(=O)N1CC(=O)NC(=O)C1(C)C)CC(=O)O. The van der Waals surface area contributed by atoms with E-state index in [-0.39, 0.29) is 25.4 Å². The molecular formula is C12H19N3O5. The second kappa shape index (κ2) is 5.89. The second-order valence-corrected chi connectivity index (χ2v) is 5.41. The molecule has 3 N–H and O–H groups in total. The Morgan fingerprint density at radius 1 is 1.45 bits per heavy atom. The van der Waals surface area contributed by atoms with Crippen LogP contribution in [-0.2, 0) is 14.4 Å². The van der Waals surface area contributed by atoms with Gasteiger partial charge in [-0.15, -0.1) is 0 Å². The van der Waals surface area contributed by atoms with E-state index in [2.05, 4.69) is 10.6 Å². The van der Waals surface area contributed by atoms with Crippen molar-refractivity contribution in [3.05, 3.63) is 0 Å². The van der Waals surface area contributed by atoms with Crippen molar-refractivity contribution < 1.29 is 24.3 Å². The number of hydrogen-bond acceptors (Lipinski definition) is 4. The predicted molar refractivity (Wildman–Crippen MR) is 68.8 cm³/mol. The summed E-state index contributed by atoms with van der Waals surface area (Å²) in [5.41, 5.74) is -1.13. The van der Waals surface area contributed by atoms with Crippen LogP contribution in [0.3, 0.4) is 0 Å². The first-order valence-corrected chi connectivity index (χ1v) is 6.26. The Labute approximate surface area is 116 Å². The summed E-state index contributed by atoms with van der Waals surface area (Å²) in [6.07, 6.45) is -0.0664. The van der Waals surface area contributed by atoms with Gasteiger partial charge in [-0.05, 0) is 19.8 Å². The van der Waals surface area contributed by atoms with Crippen LogP contribution in [0.25, 0.3) is 0 Å². The van der Waals surface area contributed by atoms with Crippen LogP contribution in [0.4, 0.5) is 4.79 Å². The lowest BCUT2D eigenvalue weighted by Gasteiger charge is -2.40. The number of carbonyl (C=O) groups excluding carboxylic acids is 3. The molecule has 0 aromatic rings. The van der Waals surface area contributed by atoms with Gasteiger partial charge in [-0.2, -0.15) is 0 Å². The molecule has 0 bridgehead atoms. The summed E-state index contributed by atoms with van der Waals surface area (Å²) >= 11 is 0. The third-order valence-electron chi connectivity index (χ3n) is 3.16. The minimum Gasteiger partial charge on any atom is -0.481 e. The first-order chi connectivity index (χ1) is 9.14. The number of urea groups is 1. The molecule has 1 fully saturated rings. The molecule has 8 heteroatoms. The van der Waals surface area contributed by atoms with Crippen molar-refractivity contribution in [3.8, 4) is 0 Å². The van der Waals surface area contributed by atoms with Crippen molar-refractivity contribution in [2.45, 2.75) is 32.7 Å². The number of imide groups is 1. The van der Waals surface area contributed by atoms with Crippen LogP contribution in [-0.4, -0.2) is 52.4 Å². The zero-order chi connectivity index (χ0) is 15.5. The Morgan fingerprint density at radius 2 is 2.05 bits per heavy atom. The highest BCUT2D eigenvalue weighted by molar-refractivity contribution is 6.05. The summed E-state index contributed by atoms with van der Waals surface area (Å²) in [4.78, 5) is 46.7. The van der Waals surface area contributed by atoms with Crippen molar-refractivity contribution in [2.75, 3.05) is 13.1 Å². The number of amides is 4. The van der Waals surface area contributed by atoms with Gasteiger partial charge in [0.15, 0.2) is 0 Å². The molecule has 1 heterocycles. The highest BCUT2D eigenvalue weighted by Crippen LogP contribution is 2.18. The summed E-state index contributed by atoms with van der Waals surface area (Å²) < 4.78 is 0. The Morgan fingerprint density at radius 3 is 2.60 bits per heavy atom. The number of piperazine rings is 1. The molecular weight excluding hydrogens is 266 g/mol. The van der Waals surface area contributed by atoms with E-state index >= 15 is 0 Å². The number of nitrogens with zero attached hydrogens (tertiary/aromatic N) is 1. The Balaban J connectivity index is 2.63. The van der Waals surface area contributed by atoms with Crippen LogP contribution in [0.5, 0.6) is 0 Å². The largest absolute Gasteiger partial charge is 0.481 e. The molecule has 0 aromatic heterocycles. The lowest BCUT2D eigenvalue weighted by Crippen LogP contribution is -2.67. The molecule has 0 spiro atoms. The van der Waals surface area contributed by atoms with E-state index in [1.807, 2.05) is 0 Å². The Kier molecular flexibility index (Phi) is 4.69. The van der Waals surface area contributed by atoms with Gasteiger partial charge in [0.1, 0.15) is 12.1 Å². The minimum absolute atomic E-state index is 0.0664. The molecule has 1 aliphatic heterocycles. The molecule has 0 saturated carbocycles. The average Bonchev–Trinajstić information content (AvgIpc) is 2.30. The fraction of sp³-hybridized carbons (Fsp3) is 0.667. The zero-order valence-electron chi connectivity index (χ0n) is 11.7. The maximum Gasteiger partial charge on any atom is 0.318 e. The summed E-state index contributed by atoms with van der Waals surface area (Å²) in [5, 5.41) is 13.3. The van der Waals surface area contributed by atoms with E-state index < -0.39 is 29.4 Å². The van der Waals surface area contributed by atoms with E-state index in [9.17, 15) is 19.2 Å². The standard InChI is InChI=1S/C12H19N3O5/c1-7(4-9(17)18)5-13-11(20)15-6-8(16)14-10(19)12(15,2)3/h7H,4-6H2,1-3H3,(H,13,20)(H,17,18)(H,14,16,19). The molecule has 4 amide bonds. The molecule has 1 atom stereocenters. The van der Waals surface area contributed by atoms with Gasteiger partial charge in [0.2, 0.25) is 5.91 Å². The normalized spacial score (nSPS) is 19.2. The van der Waals surface area contributed by atoms with Gasteiger partial charge >= 0.3 is 12.0 Å². The van der Waals surface area contributed by atoms with Crippen molar-refractivity contribution in [1.82, 2.24) is 15.5 Å². The number of carboxylic acid groups (broad SMARTS) is 1. The summed E-state index contributed by atoms with van der Waals surface area (Å²) in [6.45, 7) is 4.71. The molecule has 1 aliphatic rings. The van der Waals surface area contributed by atoms with Gasteiger partial charge in [0.25, 0.3) is 5.91 Å². The lowest BCUT2D eigenvalue weighted by molar-refractivity contribution is -0.142. The highest BCUT2D eigenvalue weighted by Gasteiger charge is 2.43. The maximum atomic E-state index is 12.0. The van der Waals surface area contributed by atoms with Crippen LogP contribution >= 0.6 is 0 Å². The molecule has 1 rings (SSSR count). The number of hydrogen-bond donors (Lipinski definition) is 3. The van der Waals surface area contributed by atoms with Gasteiger partial charge in [0, 0.05) is 13.0 Å². The van der Waals surface area contributed by atoms with Gasteiger partial charge in [-0.1, -0.05) is 6.92 Å². The molecule has 1 saturated heterocycles. The van der Waals surface area contributed by atoms with Gasteiger partial charge in [0.05, 0.1) is 0 Å². The molecule has 0 aromatic carbocycles.